The van der Waals surface area contributed by atoms with Crippen molar-refractivity contribution < 1.29 is 9.47 Å². The number of ether oxygens (including phenoxy) is 2. The van der Waals surface area contributed by atoms with Crippen molar-refractivity contribution >= 4 is 5.69 Å². The number of benzene rings is 1. The molecule has 1 aliphatic heterocycles. The summed E-state index contributed by atoms with van der Waals surface area (Å²) in [4.78, 5) is 4.51. The Hall–Kier alpha value is -2.23. The van der Waals surface area contributed by atoms with Gasteiger partial charge in [0.15, 0.2) is 0 Å². The van der Waals surface area contributed by atoms with Crippen LogP contribution in [0, 0.1) is 13.8 Å². The van der Waals surface area contributed by atoms with Crippen molar-refractivity contribution in [3.05, 3.63) is 47.3 Å². The van der Waals surface area contributed by atoms with Gasteiger partial charge in [-0.15, -0.1) is 0 Å². The first-order valence-corrected chi connectivity index (χ1v) is 7.19. The fourth-order valence-electron chi connectivity index (χ4n) is 2.68. The minimum atomic E-state index is 0.215. The molecule has 1 atom stereocenters. The van der Waals surface area contributed by atoms with E-state index in [2.05, 4.69) is 16.4 Å². The van der Waals surface area contributed by atoms with Crippen molar-refractivity contribution in [3.8, 4) is 11.5 Å². The number of aryl methyl sites for hydroxylation is 2. The van der Waals surface area contributed by atoms with E-state index >= 15 is 0 Å². The molecule has 0 fully saturated rings. The first kappa shape index (κ1) is 13.7. The molecule has 0 bridgehead atoms. The number of pyridine rings is 1. The molecule has 21 heavy (non-hydrogen) atoms. The fourth-order valence-corrected chi connectivity index (χ4v) is 2.68. The average Bonchev–Trinajstić information content (AvgIpc) is 2.50. The van der Waals surface area contributed by atoms with Crippen molar-refractivity contribution in [1.82, 2.24) is 4.98 Å². The average molecular weight is 284 g/mol. The van der Waals surface area contributed by atoms with Gasteiger partial charge < -0.3 is 14.8 Å². The molecule has 0 saturated heterocycles. The summed E-state index contributed by atoms with van der Waals surface area (Å²) < 4.78 is 11.1. The van der Waals surface area contributed by atoms with Crippen LogP contribution in [0.1, 0.15) is 29.4 Å². The number of aromatic nitrogens is 1. The molecule has 3 rings (SSSR count). The topological polar surface area (TPSA) is 43.4 Å². The van der Waals surface area contributed by atoms with Crippen LogP contribution < -0.4 is 14.8 Å². The Morgan fingerprint density at radius 3 is 2.86 bits per heavy atom. The van der Waals surface area contributed by atoms with Crippen molar-refractivity contribution in [2.75, 3.05) is 19.0 Å². The highest BCUT2D eigenvalue weighted by atomic mass is 16.5. The molecular formula is C17H20N2O2. The Bertz CT molecular complexity index is 655. The van der Waals surface area contributed by atoms with Gasteiger partial charge >= 0.3 is 0 Å². The highest BCUT2D eigenvalue weighted by molar-refractivity contribution is 5.53. The third kappa shape index (κ3) is 2.79. The van der Waals surface area contributed by atoms with E-state index in [1.807, 2.05) is 38.1 Å². The van der Waals surface area contributed by atoms with Crippen LogP contribution in [0.15, 0.2) is 30.3 Å². The molecule has 0 aliphatic carbocycles. The van der Waals surface area contributed by atoms with E-state index in [0.717, 1.165) is 47.2 Å². The second-order valence-electron chi connectivity index (χ2n) is 5.32. The van der Waals surface area contributed by atoms with Crippen LogP contribution in [0.25, 0.3) is 0 Å². The van der Waals surface area contributed by atoms with E-state index in [4.69, 9.17) is 9.47 Å². The predicted molar refractivity (Wildman–Crippen MR) is 83.2 cm³/mol. The number of anilines is 1. The van der Waals surface area contributed by atoms with Crippen LogP contribution in [-0.4, -0.2) is 18.7 Å². The number of methoxy groups -OCH3 is 1. The molecule has 0 radical (unpaired) electrons. The van der Waals surface area contributed by atoms with Crippen LogP contribution >= 0.6 is 0 Å². The van der Waals surface area contributed by atoms with Gasteiger partial charge in [0.25, 0.3) is 0 Å². The smallest absolute Gasteiger partial charge is 0.124 e. The number of nitrogens with zero attached hydrogens (tertiary/aromatic N) is 1. The summed E-state index contributed by atoms with van der Waals surface area (Å²) >= 11 is 0. The highest BCUT2D eigenvalue weighted by Crippen LogP contribution is 2.37. The molecule has 1 aromatic heterocycles. The molecule has 0 saturated carbocycles. The second-order valence-corrected chi connectivity index (χ2v) is 5.32. The lowest BCUT2D eigenvalue weighted by molar-refractivity contribution is 0.273. The Morgan fingerprint density at radius 2 is 2.10 bits per heavy atom. The van der Waals surface area contributed by atoms with E-state index in [1.165, 1.54) is 0 Å². The number of hydrogen-bond donors (Lipinski definition) is 1. The Kier molecular flexibility index (Phi) is 3.69. The number of fused-ring (bicyclic) bond motifs is 1. The zero-order chi connectivity index (χ0) is 14.8. The van der Waals surface area contributed by atoms with Gasteiger partial charge in [0, 0.05) is 17.7 Å². The van der Waals surface area contributed by atoms with Gasteiger partial charge in [-0.25, -0.2) is 0 Å². The summed E-state index contributed by atoms with van der Waals surface area (Å²) in [6.07, 6.45) is 0.924. The van der Waals surface area contributed by atoms with Gasteiger partial charge in [0.1, 0.15) is 11.5 Å². The standard InChI is InChI=1S/C17H20N2O2/c1-11-4-6-15(12(2)18-11)19-16-8-9-21-17-7-5-13(20-3)10-14(16)17/h4-7,10,16,19H,8-9H2,1-3H3. The summed E-state index contributed by atoms with van der Waals surface area (Å²) in [5, 5.41) is 3.59. The van der Waals surface area contributed by atoms with Crippen LogP contribution in [0.3, 0.4) is 0 Å². The largest absolute Gasteiger partial charge is 0.497 e. The summed E-state index contributed by atoms with van der Waals surface area (Å²) in [5.41, 5.74) is 4.26. The van der Waals surface area contributed by atoms with Gasteiger partial charge in [0.05, 0.1) is 31.1 Å². The normalized spacial score (nSPS) is 16.8. The van der Waals surface area contributed by atoms with Gasteiger partial charge in [0.2, 0.25) is 0 Å². The summed E-state index contributed by atoms with van der Waals surface area (Å²) in [6.45, 7) is 4.75. The summed E-state index contributed by atoms with van der Waals surface area (Å²) in [5.74, 6) is 1.78. The SMILES string of the molecule is COc1ccc2c(c1)C(Nc1ccc(C)nc1C)CCO2. The van der Waals surface area contributed by atoms with Gasteiger partial charge in [-0.1, -0.05) is 0 Å². The lowest BCUT2D eigenvalue weighted by Crippen LogP contribution is -2.21. The quantitative estimate of drug-likeness (QED) is 0.934. The fraction of sp³-hybridized carbons (Fsp3) is 0.353. The molecule has 1 aliphatic rings. The van der Waals surface area contributed by atoms with Crippen molar-refractivity contribution in [1.29, 1.82) is 0 Å². The van der Waals surface area contributed by atoms with Crippen LogP contribution in [0.2, 0.25) is 0 Å². The number of rotatable bonds is 3. The van der Waals surface area contributed by atoms with E-state index in [0.29, 0.717) is 0 Å². The molecule has 1 unspecified atom stereocenters. The molecule has 0 spiro atoms. The maximum Gasteiger partial charge on any atom is 0.124 e. The first-order chi connectivity index (χ1) is 10.2. The summed E-state index contributed by atoms with van der Waals surface area (Å²) in [7, 11) is 1.68. The minimum absolute atomic E-state index is 0.215. The van der Waals surface area contributed by atoms with Crippen molar-refractivity contribution in [3.63, 3.8) is 0 Å². The first-order valence-electron chi connectivity index (χ1n) is 7.19. The monoisotopic (exact) mass is 284 g/mol. The van der Waals surface area contributed by atoms with Crippen LogP contribution in [0.5, 0.6) is 11.5 Å². The van der Waals surface area contributed by atoms with Crippen molar-refractivity contribution in [2.24, 2.45) is 0 Å². The van der Waals surface area contributed by atoms with Gasteiger partial charge in [-0.2, -0.15) is 0 Å². The van der Waals surface area contributed by atoms with Crippen LogP contribution in [0.4, 0.5) is 5.69 Å². The molecule has 2 heterocycles. The van der Waals surface area contributed by atoms with E-state index in [1.54, 1.807) is 7.11 Å². The molecule has 0 amide bonds. The van der Waals surface area contributed by atoms with E-state index < -0.39 is 0 Å². The third-order valence-electron chi connectivity index (χ3n) is 3.81. The maximum absolute atomic E-state index is 5.73. The van der Waals surface area contributed by atoms with E-state index in [9.17, 15) is 0 Å². The molecule has 2 aromatic rings. The zero-order valence-corrected chi connectivity index (χ0v) is 12.6. The van der Waals surface area contributed by atoms with Crippen molar-refractivity contribution in [2.45, 2.75) is 26.3 Å². The van der Waals surface area contributed by atoms with Gasteiger partial charge in [-0.3, -0.25) is 4.98 Å². The molecule has 1 aromatic carbocycles. The third-order valence-corrected chi connectivity index (χ3v) is 3.81. The minimum Gasteiger partial charge on any atom is -0.497 e. The number of nitrogens with one attached hydrogen (secondary N) is 1. The molecule has 4 nitrogen and oxygen atoms in total. The molecule has 110 valence electrons. The molecular weight excluding hydrogens is 264 g/mol. The maximum atomic E-state index is 5.73. The summed E-state index contributed by atoms with van der Waals surface area (Å²) in [6, 6.07) is 10.3. The molecule has 1 N–H and O–H groups in total. The predicted octanol–water partition coefficient (Wildman–Crippen LogP) is 3.64. The Morgan fingerprint density at radius 1 is 1.24 bits per heavy atom. The van der Waals surface area contributed by atoms with E-state index in [-0.39, 0.29) is 6.04 Å². The zero-order valence-electron chi connectivity index (χ0n) is 12.6. The number of hydrogen-bond acceptors (Lipinski definition) is 4. The van der Waals surface area contributed by atoms with Gasteiger partial charge in [-0.05, 0) is 44.2 Å². The second kappa shape index (κ2) is 5.64. The van der Waals surface area contributed by atoms with Crippen LogP contribution in [-0.2, 0) is 0 Å². The highest BCUT2D eigenvalue weighted by Gasteiger charge is 2.22. The lowest BCUT2D eigenvalue weighted by atomic mass is 9.99. The Labute approximate surface area is 125 Å². The lowest BCUT2D eigenvalue weighted by Gasteiger charge is -2.28. The molecule has 4 heteroatoms. The Balaban J connectivity index is 1.90.